The topological polar surface area (TPSA) is 83.9 Å². The Morgan fingerprint density at radius 2 is 1.87 bits per heavy atom. The van der Waals surface area contributed by atoms with Gasteiger partial charge in [0.1, 0.15) is 5.82 Å². The average Bonchev–Trinajstić information content (AvgIpc) is 2.92. The Morgan fingerprint density at radius 1 is 1.26 bits per heavy atom. The molecule has 0 saturated carbocycles. The molecule has 2 aliphatic rings. The van der Waals surface area contributed by atoms with Crippen LogP contribution in [-0.2, 0) is 24.7 Å². The molecule has 2 aliphatic heterocycles. The Hall–Kier alpha value is -2.41. The van der Waals surface area contributed by atoms with Crippen molar-refractivity contribution in [3.8, 4) is 0 Å². The van der Waals surface area contributed by atoms with Crippen molar-refractivity contribution in [2.45, 2.75) is 25.4 Å². The molecule has 1 atom stereocenters. The highest BCUT2D eigenvalue weighted by Crippen LogP contribution is 2.41. The minimum atomic E-state index is -1.89. The quantitative estimate of drug-likeness (QED) is 0.835. The Labute approximate surface area is 135 Å². The number of carbonyl (C=O) groups is 3. The van der Waals surface area contributed by atoms with E-state index in [1.165, 1.54) is 19.1 Å². The van der Waals surface area contributed by atoms with E-state index in [-0.39, 0.29) is 23.4 Å². The van der Waals surface area contributed by atoms with Gasteiger partial charge in [-0.1, -0.05) is 17.7 Å². The van der Waals surface area contributed by atoms with Crippen LogP contribution in [0.1, 0.15) is 25.3 Å². The van der Waals surface area contributed by atoms with E-state index in [0.29, 0.717) is 4.90 Å². The molecule has 1 N–H and O–H groups in total. The fourth-order valence-corrected chi connectivity index (χ4v) is 2.78. The third-order valence-corrected chi connectivity index (χ3v) is 4.09. The fourth-order valence-electron chi connectivity index (χ4n) is 2.62. The van der Waals surface area contributed by atoms with Gasteiger partial charge in [-0.15, -0.1) is 0 Å². The number of carbonyl (C=O) groups excluding carboxylic acids is 3. The van der Waals surface area contributed by atoms with E-state index >= 15 is 0 Å². The molecule has 0 radical (unpaired) electrons. The monoisotopic (exact) mass is 339 g/mol. The average molecular weight is 340 g/mol. The zero-order valence-electron chi connectivity index (χ0n) is 11.9. The molecule has 23 heavy (non-hydrogen) atoms. The van der Waals surface area contributed by atoms with Crippen LogP contribution in [0.2, 0.25) is 5.02 Å². The number of benzene rings is 1. The standard InChI is InChI=1S/C15H11ClFNO5/c1-15(8-3-2-7(16)6-9(8)17)13(22)12(21)14(23-15)18-10(19)4-5-11(18)20/h2-3,6,21H,4-5H2,1H3. The lowest BCUT2D eigenvalue weighted by Crippen LogP contribution is -2.34. The van der Waals surface area contributed by atoms with Crippen LogP contribution >= 0.6 is 11.6 Å². The molecule has 2 heterocycles. The Balaban J connectivity index is 2.04. The molecule has 3 rings (SSSR count). The van der Waals surface area contributed by atoms with Gasteiger partial charge in [-0.2, -0.15) is 0 Å². The maximum atomic E-state index is 14.1. The summed E-state index contributed by atoms with van der Waals surface area (Å²) in [5.74, 6) is -4.37. The maximum Gasteiger partial charge on any atom is 0.252 e. The lowest BCUT2D eigenvalue weighted by molar-refractivity contribution is -0.144. The molecule has 2 amide bonds. The first-order valence-electron chi connectivity index (χ1n) is 6.74. The van der Waals surface area contributed by atoms with Gasteiger partial charge in [0.05, 0.1) is 0 Å². The van der Waals surface area contributed by atoms with E-state index in [1.807, 2.05) is 0 Å². The maximum absolute atomic E-state index is 14.1. The van der Waals surface area contributed by atoms with Crippen molar-refractivity contribution in [2.24, 2.45) is 0 Å². The lowest BCUT2D eigenvalue weighted by Gasteiger charge is -2.25. The Morgan fingerprint density at radius 3 is 2.43 bits per heavy atom. The van der Waals surface area contributed by atoms with Crippen molar-refractivity contribution in [2.75, 3.05) is 0 Å². The molecule has 0 spiro atoms. The fraction of sp³-hybridized carbons (Fsp3) is 0.267. The molecule has 120 valence electrons. The van der Waals surface area contributed by atoms with Gasteiger partial charge in [-0.3, -0.25) is 14.4 Å². The summed E-state index contributed by atoms with van der Waals surface area (Å²) in [6, 6.07) is 3.61. The second kappa shape index (κ2) is 5.06. The van der Waals surface area contributed by atoms with Gasteiger partial charge < -0.3 is 9.84 Å². The van der Waals surface area contributed by atoms with Crippen LogP contribution in [-0.4, -0.2) is 27.6 Å². The molecule has 0 aromatic heterocycles. The van der Waals surface area contributed by atoms with E-state index in [9.17, 15) is 23.9 Å². The second-order valence-electron chi connectivity index (χ2n) is 5.37. The SMILES string of the molecule is CC1(c2ccc(Cl)cc2F)OC(N2C(=O)CCC2=O)=C(O)C1=O. The largest absolute Gasteiger partial charge is 0.501 e. The molecule has 1 aromatic carbocycles. The van der Waals surface area contributed by atoms with Gasteiger partial charge in [0.25, 0.3) is 11.7 Å². The van der Waals surface area contributed by atoms with E-state index in [0.717, 1.165) is 6.07 Å². The van der Waals surface area contributed by atoms with Crippen molar-refractivity contribution < 1.29 is 28.6 Å². The number of halogens is 2. The molecule has 1 aromatic rings. The van der Waals surface area contributed by atoms with Crippen LogP contribution in [0.3, 0.4) is 0 Å². The summed E-state index contributed by atoms with van der Waals surface area (Å²) in [6.07, 6.45) is -0.0850. The highest BCUT2D eigenvalue weighted by Gasteiger charge is 2.53. The lowest BCUT2D eigenvalue weighted by atomic mass is 9.91. The summed E-state index contributed by atoms with van der Waals surface area (Å²) in [5, 5.41) is 10.1. The van der Waals surface area contributed by atoms with Crippen molar-refractivity contribution in [1.82, 2.24) is 4.90 Å². The van der Waals surface area contributed by atoms with Gasteiger partial charge in [-0.05, 0) is 19.1 Å². The minimum absolute atomic E-state index is 0.0425. The number of Topliss-reactive ketones (excluding diaryl/α,β-unsaturated/α-hetero) is 1. The third kappa shape index (κ3) is 2.19. The number of rotatable bonds is 2. The molecular formula is C15H11ClFNO5. The summed E-state index contributed by atoms with van der Waals surface area (Å²) in [5.41, 5.74) is -2.05. The molecule has 8 heteroatoms. The third-order valence-electron chi connectivity index (χ3n) is 3.85. The smallest absolute Gasteiger partial charge is 0.252 e. The Bertz CT molecular complexity index is 774. The number of ketones is 1. The molecule has 1 fully saturated rings. The van der Waals surface area contributed by atoms with Crippen LogP contribution in [0.5, 0.6) is 0 Å². The normalized spacial score (nSPS) is 24.7. The van der Waals surface area contributed by atoms with Crippen LogP contribution in [0.25, 0.3) is 0 Å². The van der Waals surface area contributed by atoms with E-state index in [2.05, 4.69) is 0 Å². The number of hydrogen-bond donors (Lipinski definition) is 1. The molecule has 1 saturated heterocycles. The number of imide groups is 1. The number of nitrogens with zero attached hydrogens (tertiary/aromatic N) is 1. The Kier molecular flexibility index (Phi) is 3.40. The number of amides is 2. The van der Waals surface area contributed by atoms with Crippen molar-refractivity contribution in [1.29, 1.82) is 0 Å². The molecular weight excluding hydrogens is 329 g/mol. The molecule has 1 unspecified atom stereocenters. The number of aliphatic hydroxyl groups is 1. The summed E-state index contributed by atoms with van der Waals surface area (Å²) in [7, 11) is 0. The molecule has 6 nitrogen and oxygen atoms in total. The molecule has 0 bridgehead atoms. The van der Waals surface area contributed by atoms with Crippen molar-refractivity contribution in [3.63, 3.8) is 0 Å². The summed E-state index contributed by atoms with van der Waals surface area (Å²) < 4.78 is 19.5. The number of ether oxygens (including phenoxy) is 1. The zero-order chi connectivity index (χ0) is 16.9. The van der Waals surface area contributed by atoms with Crippen LogP contribution < -0.4 is 0 Å². The van der Waals surface area contributed by atoms with Crippen molar-refractivity contribution >= 4 is 29.2 Å². The summed E-state index contributed by atoms with van der Waals surface area (Å²) in [4.78, 5) is 36.5. The number of hydrogen-bond acceptors (Lipinski definition) is 5. The number of aliphatic hydroxyl groups excluding tert-OH is 1. The second-order valence-corrected chi connectivity index (χ2v) is 5.80. The predicted octanol–water partition coefficient (Wildman–Crippen LogP) is 2.17. The minimum Gasteiger partial charge on any atom is -0.501 e. The van der Waals surface area contributed by atoms with Gasteiger partial charge in [0, 0.05) is 23.4 Å². The zero-order valence-corrected chi connectivity index (χ0v) is 12.7. The van der Waals surface area contributed by atoms with E-state index in [4.69, 9.17) is 16.3 Å². The van der Waals surface area contributed by atoms with Gasteiger partial charge in [0.15, 0.2) is 0 Å². The first kappa shape index (κ1) is 15.5. The van der Waals surface area contributed by atoms with Crippen molar-refractivity contribution in [3.05, 3.63) is 46.2 Å². The summed E-state index contributed by atoms with van der Waals surface area (Å²) in [6.45, 7) is 1.25. The van der Waals surface area contributed by atoms with Gasteiger partial charge >= 0.3 is 0 Å². The van der Waals surface area contributed by atoms with Crippen LogP contribution in [0.15, 0.2) is 29.8 Å². The molecule has 0 aliphatic carbocycles. The van der Waals surface area contributed by atoms with Gasteiger partial charge in [0.2, 0.25) is 23.2 Å². The van der Waals surface area contributed by atoms with Crippen LogP contribution in [0.4, 0.5) is 4.39 Å². The first-order valence-corrected chi connectivity index (χ1v) is 7.12. The van der Waals surface area contributed by atoms with E-state index < -0.39 is 40.7 Å². The highest BCUT2D eigenvalue weighted by molar-refractivity contribution is 6.30. The predicted molar refractivity (Wildman–Crippen MR) is 75.6 cm³/mol. The van der Waals surface area contributed by atoms with Crippen LogP contribution in [0, 0.1) is 5.82 Å². The highest BCUT2D eigenvalue weighted by atomic mass is 35.5. The number of likely N-dealkylation sites (tertiary alicyclic amines) is 1. The summed E-state index contributed by atoms with van der Waals surface area (Å²) >= 11 is 5.68. The van der Waals surface area contributed by atoms with E-state index in [1.54, 1.807) is 0 Å². The first-order chi connectivity index (χ1) is 10.8. The van der Waals surface area contributed by atoms with Gasteiger partial charge in [-0.25, -0.2) is 9.29 Å².